The summed E-state index contributed by atoms with van der Waals surface area (Å²) in [6, 6.07) is 14.1. The van der Waals surface area contributed by atoms with Gasteiger partial charge in [0, 0.05) is 17.8 Å². The minimum atomic E-state index is -0.411. The predicted molar refractivity (Wildman–Crippen MR) is 87.5 cm³/mol. The Morgan fingerprint density at radius 1 is 1.13 bits per heavy atom. The van der Waals surface area contributed by atoms with Crippen LogP contribution in [0.2, 0.25) is 0 Å². The van der Waals surface area contributed by atoms with Crippen LogP contribution in [-0.4, -0.2) is 30.7 Å². The van der Waals surface area contributed by atoms with Gasteiger partial charge in [0.05, 0.1) is 12.7 Å². The number of hydrogen-bond acceptors (Lipinski definition) is 5. The lowest BCUT2D eigenvalue weighted by atomic mass is 10.1. The molecule has 1 N–H and O–H groups in total. The number of rotatable bonds is 6. The smallest absolute Gasteiger partial charge is 0.337 e. The van der Waals surface area contributed by atoms with Gasteiger partial charge in [-0.2, -0.15) is 0 Å². The first kappa shape index (κ1) is 16.7. The molecule has 0 aromatic heterocycles. The number of carbonyl (C=O) groups is 2. The molecule has 5 heteroatoms. The van der Waals surface area contributed by atoms with Crippen molar-refractivity contribution in [1.29, 1.82) is 0 Å². The summed E-state index contributed by atoms with van der Waals surface area (Å²) in [5.41, 5.74) is 2.49. The molecule has 120 valence electrons. The van der Waals surface area contributed by atoms with E-state index in [0.717, 1.165) is 5.56 Å². The van der Waals surface area contributed by atoms with Crippen molar-refractivity contribution in [1.82, 2.24) is 0 Å². The number of nitrogens with zero attached hydrogens (tertiary/aromatic N) is 1. The van der Waals surface area contributed by atoms with E-state index in [0.29, 0.717) is 23.4 Å². The van der Waals surface area contributed by atoms with Crippen LogP contribution in [0.4, 0.5) is 5.69 Å². The van der Waals surface area contributed by atoms with Crippen molar-refractivity contribution in [3.05, 3.63) is 65.2 Å². The quantitative estimate of drug-likeness (QED) is 0.504. The van der Waals surface area contributed by atoms with Crippen LogP contribution in [0.1, 0.15) is 33.2 Å². The second-order valence-corrected chi connectivity index (χ2v) is 5.10. The molecule has 0 amide bonds. The van der Waals surface area contributed by atoms with Gasteiger partial charge in [0.2, 0.25) is 0 Å². The van der Waals surface area contributed by atoms with Crippen LogP contribution in [-0.2, 0) is 11.3 Å². The number of anilines is 1. The molecule has 0 spiro atoms. The van der Waals surface area contributed by atoms with Crippen LogP contribution < -0.4 is 4.90 Å². The molecular weight excluding hydrogens is 294 g/mol. The fourth-order valence-corrected chi connectivity index (χ4v) is 2.39. The normalized spacial score (nSPS) is 10.2. The molecule has 0 aliphatic carbocycles. The topological polar surface area (TPSA) is 66.8 Å². The number of Topliss-reactive ketones (excluding diaryl/α,β-unsaturated/α-hetero) is 1. The van der Waals surface area contributed by atoms with E-state index in [1.54, 1.807) is 41.3 Å². The van der Waals surface area contributed by atoms with E-state index in [-0.39, 0.29) is 12.5 Å². The minimum absolute atomic E-state index is 0.0673. The molecule has 23 heavy (non-hydrogen) atoms. The van der Waals surface area contributed by atoms with E-state index in [9.17, 15) is 14.7 Å². The van der Waals surface area contributed by atoms with Crippen molar-refractivity contribution in [2.24, 2.45) is 0 Å². The number of benzene rings is 2. The lowest BCUT2D eigenvalue weighted by molar-refractivity contribution is 0.0600. The number of ether oxygens (including phenoxy) is 1. The number of carbonyl (C=O) groups excluding carboxylic acids is 2. The van der Waals surface area contributed by atoms with Gasteiger partial charge in [0.1, 0.15) is 6.73 Å². The predicted octanol–water partition coefficient (Wildman–Crippen LogP) is 2.63. The molecule has 2 aromatic carbocycles. The van der Waals surface area contributed by atoms with Gasteiger partial charge in [0.15, 0.2) is 5.78 Å². The van der Waals surface area contributed by atoms with Gasteiger partial charge >= 0.3 is 5.97 Å². The van der Waals surface area contributed by atoms with Crippen LogP contribution in [0.3, 0.4) is 0 Å². The first-order valence-electron chi connectivity index (χ1n) is 7.20. The van der Waals surface area contributed by atoms with Crippen LogP contribution in [0.15, 0.2) is 48.5 Å². The van der Waals surface area contributed by atoms with Gasteiger partial charge in [-0.1, -0.05) is 24.3 Å². The lowest BCUT2D eigenvalue weighted by Crippen LogP contribution is -2.25. The molecule has 0 saturated carbocycles. The van der Waals surface area contributed by atoms with Crippen molar-refractivity contribution < 1.29 is 19.4 Å². The molecule has 2 aromatic rings. The van der Waals surface area contributed by atoms with Crippen molar-refractivity contribution in [2.45, 2.75) is 13.5 Å². The van der Waals surface area contributed by atoms with Gasteiger partial charge in [-0.25, -0.2) is 4.79 Å². The Labute approximate surface area is 135 Å². The largest absolute Gasteiger partial charge is 0.465 e. The van der Waals surface area contributed by atoms with Crippen LogP contribution in [0, 0.1) is 0 Å². The number of esters is 1. The molecule has 0 aliphatic rings. The van der Waals surface area contributed by atoms with E-state index in [1.165, 1.54) is 14.0 Å². The Bertz CT molecular complexity index is 712. The summed E-state index contributed by atoms with van der Waals surface area (Å²) < 4.78 is 4.71. The zero-order valence-corrected chi connectivity index (χ0v) is 13.2. The average molecular weight is 313 g/mol. The maximum atomic E-state index is 11.8. The van der Waals surface area contributed by atoms with E-state index in [1.807, 2.05) is 12.1 Å². The molecule has 0 unspecified atom stereocenters. The third-order valence-corrected chi connectivity index (χ3v) is 3.52. The summed E-state index contributed by atoms with van der Waals surface area (Å²) in [7, 11) is 1.33. The maximum absolute atomic E-state index is 11.8. The van der Waals surface area contributed by atoms with Gasteiger partial charge in [-0.15, -0.1) is 0 Å². The van der Waals surface area contributed by atoms with Crippen LogP contribution in [0.5, 0.6) is 0 Å². The molecule has 0 atom stereocenters. The lowest BCUT2D eigenvalue weighted by Gasteiger charge is -2.24. The third kappa shape index (κ3) is 3.96. The Hall–Kier alpha value is -2.66. The summed E-state index contributed by atoms with van der Waals surface area (Å²) in [5, 5.41) is 9.69. The molecular formula is C18H19NO4. The molecule has 0 fully saturated rings. The van der Waals surface area contributed by atoms with E-state index < -0.39 is 5.97 Å². The van der Waals surface area contributed by atoms with Crippen molar-refractivity contribution in [3.8, 4) is 0 Å². The Balaban J connectivity index is 2.30. The van der Waals surface area contributed by atoms with Crippen LogP contribution in [0.25, 0.3) is 0 Å². The molecule has 0 saturated heterocycles. The van der Waals surface area contributed by atoms with Crippen molar-refractivity contribution in [3.63, 3.8) is 0 Å². The number of para-hydroxylation sites is 1. The molecule has 0 radical (unpaired) electrons. The molecule has 5 nitrogen and oxygen atoms in total. The van der Waals surface area contributed by atoms with Gasteiger partial charge in [-0.3, -0.25) is 4.79 Å². The van der Waals surface area contributed by atoms with Crippen LogP contribution >= 0.6 is 0 Å². The molecule has 0 heterocycles. The highest BCUT2D eigenvalue weighted by Gasteiger charge is 2.14. The maximum Gasteiger partial charge on any atom is 0.337 e. The SMILES string of the molecule is COC(=O)c1cccc(CN(CO)c2ccccc2C(C)=O)c1. The zero-order chi connectivity index (χ0) is 16.8. The molecule has 2 rings (SSSR count). The van der Waals surface area contributed by atoms with E-state index in [4.69, 9.17) is 4.74 Å². The van der Waals surface area contributed by atoms with E-state index >= 15 is 0 Å². The fraction of sp³-hybridized carbons (Fsp3) is 0.222. The average Bonchev–Trinajstić information content (AvgIpc) is 2.59. The van der Waals surface area contributed by atoms with Crippen molar-refractivity contribution in [2.75, 3.05) is 18.7 Å². The van der Waals surface area contributed by atoms with Gasteiger partial charge in [0.25, 0.3) is 0 Å². The standard InChI is InChI=1S/C18H19NO4/c1-13(21)16-8-3-4-9-17(16)19(12-20)11-14-6-5-7-15(10-14)18(22)23-2/h3-10,20H,11-12H2,1-2H3. The highest BCUT2D eigenvalue weighted by molar-refractivity contribution is 5.99. The highest BCUT2D eigenvalue weighted by Crippen LogP contribution is 2.22. The minimum Gasteiger partial charge on any atom is -0.465 e. The van der Waals surface area contributed by atoms with E-state index in [2.05, 4.69) is 0 Å². The summed E-state index contributed by atoms with van der Waals surface area (Å²) in [4.78, 5) is 25.0. The van der Waals surface area contributed by atoms with Gasteiger partial charge in [-0.05, 0) is 36.8 Å². The first-order valence-corrected chi connectivity index (χ1v) is 7.20. The summed E-state index contributed by atoms with van der Waals surface area (Å²) in [5.74, 6) is -0.478. The summed E-state index contributed by atoms with van der Waals surface area (Å²) in [6.45, 7) is 1.62. The zero-order valence-electron chi connectivity index (χ0n) is 13.2. The third-order valence-electron chi connectivity index (χ3n) is 3.52. The highest BCUT2D eigenvalue weighted by atomic mass is 16.5. The fourth-order valence-electron chi connectivity index (χ4n) is 2.39. The number of hydrogen-bond donors (Lipinski definition) is 1. The molecule has 0 aliphatic heterocycles. The van der Waals surface area contributed by atoms with Gasteiger partial charge < -0.3 is 14.7 Å². The first-order chi connectivity index (χ1) is 11.1. The number of aliphatic hydroxyl groups excluding tert-OH is 1. The number of ketones is 1. The Kier molecular flexibility index (Phi) is 5.49. The molecule has 0 bridgehead atoms. The monoisotopic (exact) mass is 313 g/mol. The number of methoxy groups -OCH3 is 1. The summed E-state index contributed by atoms with van der Waals surface area (Å²) >= 11 is 0. The Morgan fingerprint density at radius 2 is 1.87 bits per heavy atom. The second kappa shape index (κ2) is 7.56. The van der Waals surface area contributed by atoms with Crippen molar-refractivity contribution >= 4 is 17.4 Å². The second-order valence-electron chi connectivity index (χ2n) is 5.10. The summed E-state index contributed by atoms with van der Waals surface area (Å²) in [6.07, 6.45) is 0. The number of aliphatic hydroxyl groups is 1. The Morgan fingerprint density at radius 3 is 2.52 bits per heavy atom.